The Hall–Kier alpha value is -1.12. The van der Waals surface area contributed by atoms with Crippen molar-refractivity contribution in [3.8, 4) is 0 Å². The Labute approximate surface area is 129 Å². The van der Waals surface area contributed by atoms with Gasteiger partial charge in [-0.1, -0.05) is 65.3 Å². The summed E-state index contributed by atoms with van der Waals surface area (Å²) in [7, 11) is 0. The topological polar surface area (TPSA) is 20.2 Å². The molecule has 0 aliphatic rings. The number of rotatable bonds is 6. The number of halogens is 1. The van der Waals surface area contributed by atoms with Crippen LogP contribution in [-0.4, -0.2) is 11.7 Å². The fraction of sp³-hybridized carbons (Fsp3) is 0.333. The first kappa shape index (κ1) is 15.3. The second-order valence-corrected chi connectivity index (χ2v) is 6.07. The van der Waals surface area contributed by atoms with E-state index in [9.17, 15) is 5.11 Å². The third-order valence-corrected chi connectivity index (χ3v) is 4.45. The molecule has 0 heterocycles. The van der Waals surface area contributed by atoms with Gasteiger partial charge in [0.15, 0.2) is 0 Å². The molecule has 20 heavy (non-hydrogen) atoms. The van der Waals surface area contributed by atoms with Crippen molar-refractivity contribution in [3.05, 3.63) is 69.7 Å². The van der Waals surface area contributed by atoms with Crippen LogP contribution < -0.4 is 0 Å². The Kier molecular flexibility index (Phi) is 5.81. The molecule has 2 aromatic carbocycles. The molecule has 1 nitrogen and oxygen atoms in total. The molecule has 0 saturated carbocycles. The maximum atomic E-state index is 9.63. The van der Waals surface area contributed by atoms with Crippen molar-refractivity contribution in [2.24, 2.45) is 5.92 Å². The van der Waals surface area contributed by atoms with E-state index in [1.54, 1.807) is 0 Å². The average Bonchev–Trinajstić information content (AvgIpc) is 2.49. The normalized spacial score (nSPS) is 12.3. The third-order valence-electron chi connectivity index (χ3n) is 3.68. The summed E-state index contributed by atoms with van der Waals surface area (Å²) in [5.74, 6) is 0.265. The molecule has 0 saturated heterocycles. The predicted molar refractivity (Wildman–Crippen MR) is 87.9 cm³/mol. The van der Waals surface area contributed by atoms with Crippen LogP contribution in [0.4, 0.5) is 0 Å². The van der Waals surface area contributed by atoms with E-state index < -0.39 is 0 Å². The van der Waals surface area contributed by atoms with Crippen LogP contribution >= 0.6 is 15.9 Å². The first-order valence-corrected chi connectivity index (χ1v) is 7.94. The Morgan fingerprint density at radius 1 is 0.950 bits per heavy atom. The van der Waals surface area contributed by atoms with Gasteiger partial charge in [0.1, 0.15) is 0 Å². The number of hydrogen-bond acceptors (Lipinski definition) is 1. The van der Waals surface area contributed by atoms with Gasteiger partial charge in [0.25, 0.3) is 0 Å². The Morgan fingerprint density at radius 3 is 2.20 bits per heavy atom. The van der Waals surface area contributed by atoms with Crippen LogP contribution in [-0.2, 0) is 19.3 Å². The Morgan fingerprint density at radius 2 is 1.60 bits per heavy atom. The van der Waals surface area contributed by atoms with Crippen LogP contribution in [0.2, 0.25) is 0 Å². The molecule has 2 rings (SSSR count). The second-order valence-electron chi connectivity index (χ2n) is 5.22. The Bertz CT molecular complexity index is 533. The van der Waals surface area contributed by atoms with Gasteiger partial charge in [-0.3, -0.25) is 0 Å². The van der Waals surface area contributed by atoms with Gasteiger partial charge >= 0.3 is 0 Å². The largest absolute Gasteiger partial charge is 0.396 e. The van der Waals surface area contributed by atoms with Crippen molar-refractivity contribution >= 4 is 15.9 Å². The maximum absolute atomic E-state index is 9.63. The van der Waals surface area contributed by atoms with E-state index in [2.05, 4.69) is 59.3 Å². The summed E-state index contributed by atoms with van der Waals surface area (Å²) in [5.41, 5.74) is 3.92. The van der Waals surface area contributed by atoms with E-state index in [1.807, 2.05) is 12.1 Å². The van der Waals surface area contributed by atoms with Gasteiger partial charge in [0, 0.05) is 11.1 Å². The average molecular weight is 333 g/mol. The maximum Gasteiger partial charge on any atom is 0.0465 e. The van der Waals surface area contributed by atoms with Gasteiger partial charge in [-0.2, -0.15) is 0 Å². The molecule has 2 heteroatoms. The SMILES string of the molecule is CCc1ccc(CC(CO)Cc2ccccc2Br)cc1. The molecule has 1 atom stereocenters. The molecule has 0 amide bonds. The van der Waals surface area contributed by atoms with Crippen molar-refractivity contribution in [1.29, 1.82) is 0 Å². The number of hydrogen-bond donors (Lipinski definition) is 1. The van der Waals surface area contributed by atoms with Gasteiger partial charge in [-0.05, 0) is 47.9 Å². The Balaban J connectivity index is 2.03. The molecule has 106 valence electrons. The van der Waals surface area contributed by atoms with Crippen LogP contribution in [0.1, 0.15) is 23.6 Å². The van der Waals surface area contributed by atoms with Crippen LogP contribution in [0.15, 0.2) is 53.0 Å². The lowest BCUT2D eigenvalue weighted by Crippen LogP contribution is -2.13. The van der Waals surface area contributed by atoms with E-state index in [0.29, 0.717) is 0 Å². The smallest absolute Gasteiger partial charge is 0.0465 e. The first-order chi connectivity index (χ1) is 9.72. The van der Waals surface area contributed by atoms with E-state index >= 15 is 0 Å². The highest BCUT2D eigenvalue weighted by Gasteiger charge is 2.11. The molecular formula is C18H21BrO. The minimum atomic E-state index is 0.219. The fourth-order valence-corrected chi connectivity index (χ4v) is 2.87. The van der Waals surface area contributed by atoms with Crippen LogP contribution in [0, 0.1) is 5.92 Å². The van der Waals surface area contributed by atoms with Crippen LogP contribution in [0.5, 0.6) is 0 Å². The number of aliphatic hydroxyl groups excluding tert-OH is 1. The van der Waals surface area contributed by atoms with Gasteiger partial charge in [0.2, 0.25) is 0 Å². The predicted octanol–water partition coefficient (Wildman–Crippen LogP) is 4.41. The molecule has 0 radical (unpaired) electrons. The molecule has 2 aromatic rings. The highest BCUT2D eigenvalue weighted by Crippen LogP contribution is 2.21. The number of benzene rings is 2. The lowest BCUT2D eigenvalue weighted by Gasteiger charge is -2.15. The van der Waals surface area contributed by atoms with Gasteiger partial charge in [-0.25, -0.2) is 0 Å². The molecular weight excluding hydrogens is 312 g/mol. The molecule has 0 fully saturated rings. The minimum Gasteiger partial charge on any atom is -0.396 e. The summed E-state index contributed by atoms with van der Waals surface area (Å²) < 4.78 is 1.12. The summed E-state index contributed by atoms with van der Waals surface area (Å²) in [6.45, 7) is 2.38. The molecule has 1 N–H and O–H groups in total. The number of aliphatic hydroxyl groups is 1. The summed E-state index contributed by atoms with van der Waals surface area (Å²) in [4.78, 5) is 0. The molecule has 1 unspecified atom stereocenters. The summed E-state index contributed by atoms with van der Waals surface area (Å²) >= 11 is 3.58. The highest BCUT2D eigenvalue weighted by molar-refractivity contribution is 9.10. The van der Waals surface area contributed by atoms with E-state index in [-0.39, 0.29) is 12.5 Å². The summed E-state index contributed by atoms with van der Waals surface area (Å²) in [6.07, 6.45) is 2.88. The quantitative estimate of drug-likeness (QED) is 0.830. The monoisotopic (exact) mass is 332 g/mol. The molecule has 0 aliphatic carbocycles. The van der Waals surface area contributed by atoms with E-state index in [0.717, 1.165) is 23.7 Å². The summed E-state index contributed by atoms with van der Waals surface area (Å²) in [5, 5.41) is 9.63. The lowest BCUT2D eigenvalue weighted by atomic mass is 9.93. The van der Waals surface area contributed by atoms with Crippen molar-refractivity contribution in [1.82, 2.24) is 0 Å². The second kappa shape index (κ2) is 7.61. The van der Waals surface area contributed by atoms with Crippen molar-refractivity contribution in [3.63, 3.8) is 0 Å². The molecule has 0 spiro atoms. The lowest BCUT2D eigenvalue weighted by molar-refractivity contribution is 0.225. The zero-order chi connectivity index (χ0) is 14.4. The molecule has 0 aliphatic heterocycles. The number of aryl methyl sites for hydroxylation is 1. The molecule has 0 aromatic heterocycles. The molecule has 0 bridgehead atoms. The zero-order valence-corrected chi connectivity index (χ0v) is 13.4. The van der Waals surface area contributed by atoms with Crippen molar-refractivity contribution in [2.75, 3.05) is 6.61 Å². The summed E-state index contributed by atoms with van der Waals surface area (Å²) in [6, 6.07) is 17.0. The first-order valence-electron chi connectivity index (χ1n) is 7.15. The van der Waals surface area contributed by atoms with Crippen molar-refractivity contribution in [2.45, 2.75) is 26.2 Å². The van der Waals surface area contributed by atoms with Gasteiger partial charge in [-0.15, -0.1) is 0 Å². The third kappa shape index (κ3) is 4.19. The minimum absolute atomic E-state index is 0.219. The van der Waals surface area contributed by atoms with Gasteiger partial charge in [0.05, 0.1) is 0 Å². The zero-order valence-electron chi connectivity index (χ0n) is 11.8. The van der Waals surface area contributed by atoms with Crippen LogP contribution in [0.3, 0.4) is 0 Å². The van der Waals surface area contributed by atoms with Crippen LogP contribution in [0.25, 0.3) is 0 Å². The standard InChI is InChI=1S/C18H21BrO/c1-2-14-7-9-15(10-8-14)11-16(13-20)12-17-5-3-4-6-18(17)19/h3-10,16,20H,2,11-13H2,1H3. The fourth-order valence-electron chi connectivity index (χ4n) is 2.42. The van der Waals surface area contributed by atoms with Crippen molar-refractivity contribution < 1.29 is 5.11 Å². The van der Waals surface area contributed by atoms with E-state index in [1.165, 1.54) is 16.7 Å². The highest BCUT2D eigenvalue weighted by atomic mass is 79.9. The van der Waals surface area contributed by atoms with Gasteiger partial charge < -0.3 is 5.11 Å². The van der Waals surface area contributed by atoms with E-state index in [4.69, 9.17) is 0 Å².